The minimum atomic E-state index is -0.0437. The van der Waals surface area contributed by atoms with E-state index in [1.54, 1.807) is 0 Å². The highest BCUT2D eigenvalue weighted by Crippen LogP contribution is 2.30. The monoisotopic (exact) mass is 442 g/mol. The van der Waals surface area contributed by atoms with E-state index in [-0.39, 0.29) is 5.91 Å². The van der Waals surface area contributed by atoms with Crippen LogP contribution in [0.4, 0.5) is 0 Å². The highest BCUT2D eigenvalue weighted by Gasteiger charge is 2.14. The Bertz CT molecular complexity index is 978. The zero-order valence-corrected chi connectivity index (χ0v) is 19.2. The van der Waals surface area contributed by atoms with E-state index < -0.39 is 0 Å². The largest absolute Gasteiger partial charge is 0.352 e. The van der Waals surface area contributed by atoms with Gasteiger partial charge in [-0.05, 0) is 42.8 Å². The van der Waals surface area contributed by atoms with Crippen molar-refractivity contribution in [2.75, 3.05) is 26.7 Å². The van der Waals surface area contributed by atoms with Crippen LogP contribution in [0.1, 0.15) is 36.5 Å². The van der Waals surface area contributed by atoms with Gasteiger partial charge in [0.15, 0.2) is 0 Å². The van der Waals surface area contributed by atoms with Crippen molar-refractivity contribution in [3.8, 4) is 0 Å². The Morgan fingerprint density at radius 2 is 1.83 bits per heavy atom. The fraction of sp³-hybridized carbons (Fsp3) is 0.333. The molecule has 4 nitrogen and oxygen atoms in total. The zero-order valence-electron chi connectivity index (χ0n) is 17.6. The number of halogens is 1. The molecule has 1 unspecified atom stereocenters. The van der Waals surface area contributed by atoms with Crippen molar-refractivity contribution in [1.29, 1.82) is 0 Å². The number of quaternary nitrogens is 1. The quantitative estimate of drug-likeness (QED) is 0.455. The van der Waals surface area contributed by atoms with Gasteiger partial charge < -0.3 is 10.2 Å². The van der Waals surface area contributed by atoms with Gasteiger partial charge in [0.05, 0.1) is 31.2 Å². The number of aromatic nitrogens is 1. The molecule has 0 fully saturated rings. The second-order valence-corrected chi connectivity index (χ2v) is 9.03. The number of benzene rings is 2. The van der Waals surface area contributed by atoms with E-state index in [9.17, 15) is 4.79 Å². The number of amides is 1. The summed E-state index contributed by atoms with van der Waals surface area (Å²) in [5.74, 6) is -0.0437. The van der Waals surface area contributed by atoms with E-state index in [0.717, 1.165) is 33.8 Å². The summed E-state index contributed by atoms with van der Waals surface area (Å²) in [5, 5.41) is 5.47. The molecule has 0 spiro atoms. The number of nitrogens with zero attached hydrogens (tertiary/aromatic N) is 1. The van der Waals surface area contributed by atoms with Crippen molar-refractivity contribution >= 4 is 40.2 Å². The van der Waals surface area contributed by atoms with Gasteiger partial charge in [0, 0.05) is 28.3 Å². The maximum atomic E-state index is 13.0. The highest BCUT2D eigenvalue weighted by atomic mass is 35.5. The second-order valence-electron chi connectivity index (χ2n) is 7.50. The number of fused-ring (bicyclic) bond motifs is 1. The van der Waals surface area contributed by atoms with E-state index in [1.165, 1.54) is 36.0 Å². The minimum Gasteiger partial charge on any atom is -0.352 e. The third-order valence-electron chi connectivity index (χ3n) is 5.00. The molecule has 3 aromatic rings. The second kappa shape index (κ2) is 11.3. The van der Waals surface area contributed by atoms with Gasteiger partial charge in [0.2, 0.25) is 0 Å². The number of hydrogen-bond acceptors (Lipinski definition) is 3. The molecule has 0 bridgehead atoms. The summed E-state index contributed by atoms with van der Waals surface area (Å²) in [5.41, 5.74) is 1.49. The standard InChI is InChI=1S/C24H28ClN3OS/c1-3-4-15-28(2)16-7-14-26-24(29)21-17-23(27-22-9-6-5-8-20(21)22)30-19-12-10-18(25)11-13-19/h5-6,8-13,17H,3-4,7,14-16H2,1-2H3,(H,26,29)/p+1. The third-order valence-corrected chi connectivity index (χ3v) is 6.17. The molecule has 158 valence electrons. The van der Waals surface area contributed by atoms with Crippen LogP contribution in [-0.4, -0.2) is 37.6 Å². The lowest BCUT2D eigenvalue weighted by Crippen LogP contribution is -3.09. The van der Waals surface area contributed by atoms with Crippen LogP contribution in [0.5, 0.6) is 0 Å². The molecule has 1 amide bonds. The summed E-state index contributed by atoms with van der Waals surface area (Å²) >= 11 is 7.51. The molecule has 30 heavy (non-hydrogen) atoms. The Balaban J connectivity index is 1.70. The lowest BCUT2D eigenvalue weighted by atomic mass is 10.1. The smallest absolute Gasteiger partial charge is 0.252 e. The molecule has 1 aromatic heterocycles. The van der Waals surface area contributed by atoms with Crippen LogP contribution in [0.15, 0.2) is 64.5 Å². The number of carbonyl (C=O) groups excluding carboxylic acids is 1. The van der Waals surface area contributed by atoms with Gasteiger partial charge in [-0.3, -0.25) is 4.79 Å². The van der Waals surface area contributed by atoms with Crippen molar-refractivity contribution < 1.29 is 9.69 Å². The van der Waals surface area contributed by atoms with E-state index >= 15 is 0 Å². The van der Waals surface area contributed by atoms with E-state index in [1.807, 2.05) is 54.6 Å². The first-order valence-corrected chi connectivity index (χ1v) is 11.7. The molecular weight excluding hydrogens is 414 g/mol. The first kappa shape index (κ1) is 22.6. The lowest BCUT2D eigenvalue weighted by Gasteiger charge is -2.14. The topological polar surface area (TPSA) is 46.4 Å². The van der Waals surface area contributed by atoms with E-state index in [2.05, 4.69) is 19.3 Å². The summed E-state index contributed by atoms with van der Waals surface area (Å²) in [6.07, 6.45) is 3.44. The van der Waals surface area contributed by atoms with Crippen molar-refractivity contribution in [1.82, 2.24) is 10.3 Å². The van der Waals surface area contributed by atoms with Gasteiger partial charge in [0.1, 0.15) is 5.03 Å². The van der Waals surface area contributed by atoms with Gasteiger partial charge in [-0.1, -0.05) is 54.9 Å². The van der Waals surface area contributed by atoms with Crippen LogP contribution in [0.2, 0.25) is 5.02 Å². The zero-order chi connectivity index (χ0) is 21.3. The maximum absolute atomic E-state index is 13.0. The highest BCUT2D eigenvalue weighted by molar-refractivity contribution is 7.99. The molecule has 0 aliphatic carbocycles. The van der Waals surface area contributed by atoms with Gasteiger partial charge >= 0.3 is 0 Å². The fourth-order valence-electron chi connectivity index (χ4n) is 3.31. The molecule has 3 rings (SSSR count). The van der Waals surface area contributed by atoms with Crippen molar-refractivity contribution in [3.63, 3.8) is 0 Å². The van der Waals surface area contributed by atoms with Crippen LogP contribution in [0, 0.1) is 0 Å². The third kappa shape index (κ3) is 6.46. The predicted octanol–water partition coefficient (Wildman–Crippen LogP) is 4.47. The lowest BCUT2D eigenvalue weighted by molar-refractivity contribution is -0.879. The van der Waals surface area contributed by atoms with Crippen LogP contribution in [-0.2, 0) is 0 Å². The average molecular weight is 443 g/mol. The number of pyridine rings is 1. The first-order chi connectivity index (χ1) is 14.6. The average Bonchev–Trinajstić information content (AvgIpc) is 2.76. The molecule has 0 saturated carbocycles. The minimum absolute atomic E-state index is 0.0437. The summed E-state index contributed by atoms with van der Waals surface area (Å²) in [6, 6.07) is 17.3. The number of rotatable bonds is 10. The van der Waals surface area contributed by atoms with E-state index in [4.69, 9.17) is 16.6 Å². The number of nitrogens with one attached hydrogen (secondary N) is 2. The van der Waals surface area contributed by atoms with E-state index in [0.29, 0.717) is 17.1 Å². The molecular formula is C24H29ClN3OS+. The van der Waals surface area contributed by atoms with Gasteiger partial charge in [-0.15, -0.1) is 0 Å². The molecule has 0 aliphatic heterocycles. The Morgan fingerprint density at radius 3 is 2.60 bits per heavy atom. The van der Waals surface area contributed by atoms with Crippen molar-refractivity contribution in [2.24, 2.45) is 0 Å². The van der Waals surface area contributed by atoms with Crippen molar-refractivity contribution in [3.05, 3.63) is 65.2 Å². The Labute approximate surface area is 188 Å². The van der Waals surface area contributed by atoms with Crippen LogP contribution >= 0.6 is 23.4 Å². The molecule has 2 aromatic carbocycles. The molecule has 0 aliphatic rings. The van der Waals surface area contributed by atoms with Crippen molar-refractivity contribution in [2.45, 2.75) is 36.1 Å². The number of unbranched alkanes of at least 4 members (excludes halogenated alkanes) is 1. The molecule has 1 heterocycles. The number of carbonyl (C=O) groups is 1. The Hall–Kier alpha value is -2.08. The van der Waals surface area contributed by atoms with Gasteiger partial charge in [-0.2, -0.15) is 0 Å². The maximum Gasteiger partial charge on any atom is 0.252 e. The number of hydrogen-bond donors (Lipinski definition) is 2. The molecule has 0 saturated heterocycles. The van der Waals surface area contributed by atoms with Crippen LogP contribution in [0.25, 0.3) is 10.9 Å². The number of para-hydroxylation sites is 1. The molecule has 6 heteroatoms. The summed E-state index contributed by atoms with van der Waals surface area (Å²) in [7, 11) is 2.22. The van der Waals surface area contributed by atoms with Crippen LogP contribution < -0.4 is 10.2 Å². The summed E-state index contributed by atoms with van der Waals surface area (Å²) < 4.78 is 0. The molecule has 0 radical (unpaired) electrons. The Kier molecular flexibility index (Phi) is 8.55. The van der Waals surface area contributed by atoms with Crippen LogP contribution in [0.3, 0.4) is 0 Å². The summed E-state index contributed by atoms with van der Waals surface area (Å²) in [6.45, 7) is 5.14. The van der Waals surface area contributed by atoms with Gasteiger partial charge in [0.25, 0.3) is 5.91 Å². The molecule has 1 atom stereocenters. The normalized spacial score (nSPS) is 12.1. The predicted molar refractivity (Wildman–Crippen MR) is 126 cm³/mol. The Morgan fingerprint density at radius 1 is 1.10 bits per heavy atom. The summed E-state index contributed by atoms with van der Waals surface area (Å²) in [4.78, 5) is 20.2. The molecule has 2 N–H and O–H groups in total. The first-order valence-electron chi connectivity index (χ1n) is 10.5. The SMILES string of the molecule is CCCC[NH+](C)CCCNC(=O)c1cc(Sc2ccc(Cl)cc2)nc2ccccc12. The van der Waals surface area contributed by atoms with Gasteiger partial charge in [-0.25, -0.2) is 4.98 Å². The fourth-order valence-corrected chi connectivity index (χ4v) is 4.27.